The molecule has 1 aliphatic heterocycles. The van der Waals surface area contributed by atoms with Crippen molar-refractivity contribution in [2.45, 2.75) is 11.1 Å². The van der Waals surface area contributed by atoms with Crippen molar-refractivity contribution < 1.29 is 9.53 Å². The summed E-state index contributed by atoms with van der Waals surface area (Å²) in [6, 6.07) is 15.5. The molecule has 3 nitrogen and oxygen atoms in total. The topological polar surface area (TPSA) is 38.3 Å². The Kier molecular flexibility index (Phi) is 6.35. The van der Waals surface area contributed by atoms with Crippen molar-refractivity contribution in [2.24, 2.45) is 0 Å². The van der Waals surface area contributed by atoms with E-state index in [0.29, 0.717) is 21.9 Å². The lowest BCUT2D eigenvalue weighted by atomic mass is 10.2. The number of amides is 1. The van der Waals surface area contributed by atoms with Gasteiger partial charge in [-0.3, -0.25) is 4.79 Å². The molecule has 1 heterocycles. The highest BCUT2D eigenvalue weighted by Crippen LogP contribution is 2.45. The highest BCUT2D eigenvalue weighted by atomic mass is 35.5. The minimum Gasteiger partial charge on any atom is -0.484 e. The number of rotatable bonds is 6. The molecule has 0 saturated carbocycles. The van der Waals surface area contributed by atoms with Gasteiger partial charge in [0.1, 0.15) is 5.75 Å². The van der Waals surface area contributed by atoms with Crippen LogP contribution in [0, 0.1) is 0 Å². The van der Waals surface area contributed by atoms with E-state index in [2.05, 4.69) is 17.4 Å². The van der Waals surface area contributed by atoms with Gasteiger partial charge < -0.3 is 10.1 Å². The minimum absolute atomic E-state index is 0.00325. The van der Waals surface area contributed by atoms with Gasteiger partial charge in [-0.25, -0.2) is 0 Å². The summed E-state index contributed by atoms with van der Waals surface area (Å²) < 4.78 is 6.07. The second-order valence-electron chi connectivity index (χ2n) is 5.30. The van der Waals surface area contributed by atoms with Crippen molar-refractivity contribution in [1.29, 1.82) is 0 Å². The van der Waals surface area contributed by atoms with Crippen LogP contribution < -0.4 is 10.1 Å². The number of hydrogen-bond donors (Lipinski definition) is 1. The van der Waals surface area contributed by atoms with Crippen molar-refractivity contribution in [3.05, 3.63) is 64.7 Å². The molecule has 1 saturated heterocycles. The molecular weight excluding hydrogens is 362 g/mol. The van der Waals surface area contributed by atoms with Crippen molar-refractivity contribution in [3.8, 4) is 5.75 Å². The molecule has 0 atom stereocenters. The number of thioether (sulfide) groups is 2. The van der Waals surface area contributed by atoms with Crippen molar-refractivity contribution in [3.63, 3.8) is 0 Å². The van der Waals surface area contributed by atoms with Gasteiger partial charge in [-0.15, -0.1) is 23.5 Å². The summed E-state index contributed by atoms with van der Waals surface area (Å²) in [6.45, 7) is 0.396. The normalized spacial score (nSPS) is 14.5. The van der Waals surface area contributed by atoms with Gasteiger partial charge in [0.25, 0.3) is 5.91 Å². The van der Waals surface area contributed by atoms with Crippen LogP contribution >= 0.6 is 35.1 Å². The van der Waals surface area contributed by atoms with Gasteiger partial charge in [0.2, 0.25) is 0 Å². The first kappa shape index (κ1) is 17.5. The van der Waals surface area contributed by atoms with Gasteiger partial charge in [0.05, 0.1) is 4.58 Å². The second-order valence-corrected chi connectivity index (χ2v) is 8.43. The first-order chi connectivity index (χ1) is 11.7. The van der Waals surface area contributed by atoms with E-state index >= 15 is 0 Å². The summed E-state index contributed by atoms with van der Waals surface area (Å²) in [5.74, 6) is 2.96. The van der Waals surface area contributed by atoms with Gasteiger partial charge in [0.15, 0.2) is 6.61 Å². The first-order valence-electron chi connectivity index (χ1n) is 7.68. The number of halogens is 1. The van der Waals surface area contributed by atoms with Crippen molar-refractivity contribution in [1.82, 2.24) is 5.32 Å². The van der Waals surface area contributed by atoms with E-state index in [1.807, 2.05) is 59.9 Å². The number of ether oxygens (including phenoxy) is 1. The molecule has 6 heteroatoms. The van der Waals surface area contributed by atoms with E-state index in [9.17, 15) is 4.79 Å². The largest absolute Gasteiger partial charge is 0.484 e. The SMILES string of the molecule is O=C(COc1ccc(C2SCCS2)cc1)NCc1ccccc1Cl. The predicted molar refractivity (Wildman–Crippen MR) is 103 cm³/mol. The van der Waals surface area contributed by atoms with Crippen molar-refractivity contribution >= 4 is 41.0 Å². The van der Waals surface area contributed by atoms with E-state index in [-0.39, 0.29) is 12.5 Å². The van der Waals surface area contributed by atoms with Crippen LogP contribution in [-0.2, 0) is 11.3 Å². The smallest absolute Gasteiger partial charge is 0.258 e. The molecule has 0 unspecified atom stereocenters. The Bertz CT molecular complexity index is 688. The molecule has 0 radical (unpaired) electrons. The maximum absolute atomic E-state index is 11.9. The molecule has 0 aliphatic carbocycles. The van der Waals surface area contributed by atoms with E-state index in [1.54, 1.807) is 0 Å². The van der Waals surface area contributed by atoms with Crippen molar-refractivity contribution in [2.75, 3.05) is 18.1 Å². The van der Waals surface area contributed by atoms with Crippen LogP contribution in [-0.4, -0.2) is 24.0 Å². The van der Waals surface area contributed by atoms with E-state index in [4.69, 9.17) is 16.3 Å². The maximum Gasteiger partial charge on any atom is 0.258 e. The van der Waals surface area contributed by atoms with E-state index in [0.717, 1.165) is 5.56 Å². The number of nitrogens with one attached hydrogen (secondary N) is 1. The molecule has 1 fully saturated rings. The zero-order valence-corrected chi connectivity index (χ0v) is 15.4. The molecule has 0 spiro atoms. The summed E-state index contributed by atoms with van der Waals surface area (Å²) in [7, 11) is 0. The minimum atomic E-state index is -0.166. The third kappa shape index (κ3) is 4.85. The predicted octanol–water partition coefficient (Wildman–Crippen LogP) is 4.51. The Morgan fingerprint density at radius 3 is 2.54 bits per heavy atom. The van der Waals surface area contributed by atoms with Gasteiger partial charge in [-0.2, -0.15) is 0 Å². The highest BCUT2D eigenvalue weighted by Gasteiger charge is 2.17. The fourth-order valence-electron chi connectivity index (χ4n) is 2.31. The maximum atomic E-state index is 11.9. The van der Waals surface area contributed by atoms with Crippen LogP contribution in [0.3, 0.4) is 0 Å². The van der Waals surface area contributed by atoms with Gasteiger partial charge in [0, 0.05) is 23.1 Å². The highest BCUT2D eigenvalue weighted by molar-refractivity contribution is 8.19. The first-order valence-corrected chi connectivity index (χ1v) is 10.2. The molecule has 1 amide bonds. The summed E-state index contributed by atoms with van der Waals surface area (Å²) in [6.07, 6.45) is 0. The third-order valence-corrected chi connectivity index (χ3v) is 7.05. The van der Waals surface area contributed by atoms with Crippen LogP contribution in [0.2, 0.25) is 5.02 Å². The number of carbonyl (C=O) groups excluding carboxylic acids is 1. The molecule has 126 valence electrons. The molecule has 2 aromatic rings. The lowest BCUT2D eigenvalue weighted by Crippen LogP contribution is -2.28. The standard InChI is InChI=1S/C18H18ClNO2S2/c19-16-4-2-1-3-14(16)11-20-17(21)12-22-15-7-5-13(6-8-15)18-23-9-10-24-18/h1-8,18H,9-12H2,(H,20,21). The summed E-state index contributed by atoms with van der Waals surface area (Å²) in [4.78, 5) is 11.9. The number of hydrogen-bond acceptors (Lipinski definition) is 4. The summed E-state index contributed by atoms with van der Waals surface area (Å²) >= 11 is 10.0. The van der Waals surface area contributed by atoms with Gasteiger partial charge in [-0.1, -0.05) is 41.9 Å². The second kappa shape index (κ2) is 8.70. The van der Waals surface area contributed by atoms with Crippen LogP contribution in [0.5, 0.6) is 5.75 Å². The Hall–Kier alpha value is -1.30. The van der Waals surface area contributed by atoms with Crippen LogP contribution in [0.4, 0.5) is 0 Å². The van der Waals surface area contributed by atoms with Crippen LogP contribution in [0.1, 0.15) is 15.7 Å². The third-order valence-electron chi connectivity index (χ3n) is 3.58. The Labute approximate surface area is 155 Å². The zero-order valence-electron chi connectivity index (χ0n) is 13.0. The molecule has 1 N–H and O–H groups in total. The van der Waals surface area contributed by atoms with Crippen LogP contribution in [0.25, 0.3) is 0 Å². The molecular formula is C18H18ClNO2S2. The Morgan fingerprint density at radius 1 is 1.12 bits per heavy atom. The number of carbonyl (C=O) groups is 1. The Morgan fingerprint density at radius 2 is 1.83 bits per heavy atom. The monoisotopic (exact) mass is 379 g/mol. The lowest BCUT2D eigenvalue weighted by molar-refractivity contribution is -0.123. The van der Waals surface area contributed by atoms with Gasteiger partial charge in [-0.05, 0) is 29.3 Å². The summed E-state index contributed by atoms with van der Waals surface area (Å²) in [5.41, 5.74) is 2.20. The molecule has 2 aromatic carbocycles. The molecule has 0 bridgehead atoms. The Balaban J connectivity index is 1.45. The molecule has 1 aliphatic rings. The zero-order chi connectivity index (χ0) is 16.8. The average Bonchev–Trinajstić information content (AvgIpc) is 3.14. The average molecular weight is 380 g/mol. The van der Waals surface area contributed by atoms with E-state index in [1.165, 1.54) is 17.1 Å². The molecule has 3 rings (SSSR count). The molecule has 24 heavy (non-hydrogen) atoms. The fourth-order valence-corrected chi connectivity index (χ4v) is 5.37. The number of benzene rings is 2. The fraction of sp³-hybridized carbons (Fsp3) is 0.278. The van der Waals surface area contributed by atoms with E-state index < -0.39 is 0 Å². The molecule has 0 aromatic heterocycles. The van der Waals surface area contributed by atoms with Crippen LogP contribution in [0.15, 0.2) is 48.5 Å². The van der Waals surface area contributed by atoms with Gasteiger partial charge >= 0.3 is 0 Å². The lowest BCUT2D eigenvalue weighted by Gasteiger charge is -2.11. The quantitative estimate of drug-likeness (QED) is 0.801. The summed E-state index contributed by atoms with van der Waals surface area (Å²) in [5, 5.41) is 3.46.